The Hall–Kier alpha value is 0.370. The predicted octanol–water partition coefficient (Wildman–Crippen LogP) is -2.25. The molecule has 0 rings (SSSR count). The van der Waals surface area contributed by atoms with Gasteiger partial charge in [-0.05, 0) is 18.0 Å². The number of rotatable bonds is 4. The third-order valence-corrected chi connectivity index (χ3v) is 2.15. The smallest absolute Gasteiger partial charge is 0.772 e. The summed E-state index contributed by atoms with van der Waals surface area (Å²) in [5.74, 6) is -1.18. The van der Waals surface area contributed by atoms with E-state index in [4.69, 9.17) is 0 Å². The number of esters is 1. The summed E-state index contributed by atoms with van der Waals surface area (Å²) in [6, 6.07) is 0. The molecule has 84 valence electrons. The summed E-state index contributed by atoms with van der Waals surface area (Å²) in [4.78, 5) is 10.6. The molecule has 4 nitrogen and oxygen atoms in total. The third kappa shape index (κ3) is 7.29. The first-order valence-electron chi connectivity index (χ1n) is 3.59. The first-order valence-corrected chi connectivity index (χ1v) is 4.73. The minimum absolute atomic E-state index is 0. The van der Waals surface area contributed by atoms with Gasteiger partial charge < -0.3 is 9.29 Å². The van der Waals surface area contributed by atoms with Crippen LogP contribution < -0.4 is 29.6 Å². The summed E-state index contributed by atoms with van der Waals surface area (Å²) >= 11 is -3.37. The minimum Gasteiger partial charge on any atom is -0.772 e. The summed E-state index contributed by atoms with van der Waals surface area (Å²) < 4.78 is 60.4. The van der Waals surface area contributed by atoms with E-state index >= 15 is 0 Å². The second-order valence-corrected chi connectivity index (χ2v) is 3.39. The van der Waals surface area contributed by atoms with Gasteiger partial charge in [0.05, 0.1) is 13.0 Å². The van der Waals surface area contributed by atoms with Gasteiger partial charge in [-0.15, -0.1) is 0 Å². The first-order chi connectivity index (χ1) is 6.29. The Bertz CT molecular complexity index is 233. The molecule has 0 saturated heterocycles. The molecule has 0 aromatic carbocycles. The van der Waals surface area contributed by atoms with Crippen molar-refractivity contribution in [2.24, 2.45) is 0 Å². The molecular weight excluding hydrogens is 248 g/mol. The summed E-state index contributed by atoms with van der Waals surface area (Å²) in [6.45, 7) is 1.32. The standard InChI is InChI=1S/C6H9F3O4S.Na/c1-2-13-5(10)3-4(14(11)12)6(7,8)9;/h4H,2-3H2,1H3,(H,11,12);/q;+1/p-1. The van der Waals surface area contributed by atoms with E-state index in [0.29, 0.717) is 0 Å². The number of alkyl halides is 3. The zero-order chi connectivity index (χ0) is 11.4. The molecule has 2 unspecified atom stereocenters. The van der Waals surface area contributed by atoms with Crippen LogP contribution in [0.25, 0.3) is 0 Å². The van der Waals surface area contributed by atoms with Crippen LogP contribution in [-0.4, -0.2) is 32.8 Å². The van der Waals surface area contributed by atoms with E-state index in [2.05, 4.69) is 4.74 Å². The monoisotopic (exact) mass is 256 g/mol. The Balaban J connectivity index is 0. The fourth-order valence-electron chi connectivity index (χ4n) is 0.664. The normalized spacial score (nSPS) is 15.0. The van der Waals surface area contributed by atoms with Crippen molar-refractivity contribution < 1.29 is 61.0 Å². The van der Waals surface area contributed by atoms with E-state index in [1.54, 1.807) is 0 Å². The largest absolute Gasteiger partial charge is 1.00 e. The maximum atomic E-state index is 12.0. The number of carbonyl (C=O) groups excluding carboxylic acids is 1. The van der Waals surface area contributed by atoms with Crippen molar-refractivity contribution in [2.45, 2.75) is 24.8 Å². The minimum atomic E-state index is -4.95. The Morgan fingerprint density at radius 3 is 2.27 bits per heavy atom. The average Bonchev–Trinajstić information content (AvgIpc) is 1.98. The van der Waals surface area contributed by atoms with Crippen LogP contribution >= 0.6 is 0 Å². The second-order valence-electron chi connectivity index (χ2n) is 2.30. The molecule has 0 N–H and O–H groups in total. The predicted molar refractivity (Wildman–Crippen MR) is 40.0 cm³/mol. The average molecular weight is 256 g/mol. The quantitative estimate of drug-likeness (QED) is 0.324. The maximum Gasteiger partial charge on any atom is 1.00 e. The number of ether oxygens (including phenoxy) is 1. The molecule has 0 aliphatic carbocycles. The molecule has 0 aliphatic heterocycles. The van der Waals surface area contributed by atoms with Crippen LogP contribution in [0.1, 0.15) is 13.3 Å². The van der Waals surface area contributed by atoms with Crippen LogP contribution in [0.15, 0.2) is 0 Å². The van der Waals surface area contributed by atoms with Crippen LogP contribution in [0.5, 0.6) is 0 Å². The van der Waals surface area contributed by atoms with E-state index in [1.807, 2.05) is 0 Å². The molecule has 0 aliphatic rings. The summed E-state index contributed by atoms with van der Waals surface area (Å²) in [6.07, 6.45) is -6.15. The van der Waals surface area contributed by atoms with E-state index in [9.17, 15) is 26.7 Å². The summed E-state index contributed by atoms with van der Waals surface area (Å²) in [5, 5.41) is -2.69. The molecule has 0 fully saturated rings. The fourth-order valence-corrected chi connectivity index (χ4v) is 1.15. The van der Waals surface area contributed by atoms with Crippen LogP contribution in [0.3, 0.4) is 0 Å². The molecule has 0 heterocycles. The van der Waals surface area contributed by atoms with Gasteiger partial charge >= 0.3 is 41.7 Å². The Kier molecular flexibility index (Phi) is 9.01. The molecule has 2 atom stereocenters. The molecule has 0 spiro atoms. The van der Waals surface area contributed by atoms with Crippen LogP contribution in [0, 0.1) is 0 Å². The van der Waals surface area contributed by atoms with Gasteiger partial charge in [-0.25, -0.2) is 0 Å². The van der Waals surface area contributed by atoms with Crippen LogP contribution in [0.4, 0.5) is 13.2 Å². The van der Waals surface area contributed by atoms with Crippen molar-refractivity contribution in [3.05, 3.63) is 0 Å². The Labute approximate surface area is 109 Å². The zero-order valence-electron chi connectivity index (χ0n) is 8.17. The molecule has 9 heteroatoms. The third-order valence-electron chi connectivity index (χ3n) is 1.25. The second kappa shape index (κ2) is 7.61. The molecule has 0 aromatic rings. The van der Waals surface area contributed by atoms with Crippen molar-refractivity contribution in [1.29, 1.82) is 0 Å². The number of hydrogen-bond acceptors (Lipinski definition) is 4. The summed E-state index contributed by atoms with van der Waals surface area (Å²) in [5.41, 5.74) is 0. The number of hydrogen-bond donors (Lipinski definition) is 0. The molecule has 0 amide bonds. The van der Waals surface area contributed by atoms with Gasteiger partial charge in [0.2, 0.25) is 0 Å². The summed E-state index contributed by atoms with van der Waals surface area (Å²) in [7, 11) is 0. The molecule has 0 aromatic heterocycles. The van der Waals surface area contributed by atoms with E-state index in [-0.39, 0.29) is 36.2 Å². The van der Waals surface area contributed by atoms with Gasteiger partial charge in [-0.2, -0.15) is 13.2 Å². The fraction of sp³-hybridized carbons (Fsp3) is 0.833. The maximum absolute atomic E-state index is 12.0. The van der Waals surface area contributed by atoms with E-state index in [0.717, 1.165) is 0 Å². The SMILES string of the molecule is CCOC(=O)CC(S(=O)[O-])C(F)(F)F.[Na+]. The zero-order valence-corrected chi connectivity index (χ0v) is 11.0. The van der Waals surface area contributed by atoms with Crippen molar-refractivity contribution in [1.82, 2.24) is 0 Å². The number of carbonyl (C=O) groups is 1. The molecule has 0 radical (unpaired) electrons. The topological polar surface area (TPSA) is 66.4 Å². The first kappa shape index (κ1) is 17.8. The van der Waals surface area contributed by atoms with Crippen molar-refractivity contribution in [3.63, 3.8) is 0 Å². The van der Waals surface area contributed by atoms with Crippen molar-refractivity contribution >= 4 is 17.0 Å². The van der Waals surface area contributed by atoms with Gasteiger partial charge in [-0.1, -0.05) is 0 Å². The van der Waals surface area contributed by atoms with Crippen molar-refractivity contribution in [2.75, 3.05) is 6.61 Å². The van der Waals surface area contributed by atoms with Crippen LogP contribution in [-0.2, 0) is 20.6 Å². The van der Waals surface area contributed by atoms with E-state index in [1.165, 1.54) is 6.92 Å². The molecule has 0 saturated carbocycles. The number of halogens is 3. The van der Waals surface area contributed by atoms with Gasteiger partial charge in [0.25, 0.3) is 0 Å². The Morgan fingerprint density at radius 2 is 2.00 bits per heavy atom. The molecule has 0 bridgehead atoms. The van der Waals surface area contributed by atoms with E-state index < -0.39 is 34.9 Å². The molecule has 15 heavy (non-hydrogen) atoms. The Morgan fingerprint density at radius 1 is 1.53 bits per heavy atom. The van der Waals surface area contributed by atoms with Gasteiger partial charge in [-0.3, -0.25) is 9.00 Å². The molecular formula is C6H8F3NaO4S. The van der Waals surface area contributed by atoms with Gasteiger partial charge in [0.1, 0.15) is 5.25 Å². The van der Waals surface area contributed by atoms with Gasteiger partial charge in [0.15, 0.2) is 0 Å². The van der Waals surface area contributed by atoms with Gasteiger partial charge in [0, 0.05) is 0 Å². The van der Waals surface area contributed by atoms with Crippen LogP contribution in [0.2, 0.25) is 0 Å². The van der Waals surface area contributed by atoms with Crippen molar-refractivity contribution in [3.8, 4) is 0 Å².